The molecular formula is C72H128O6. The fourth-order valence-electron chi connectivity index (χ4n) is 9.92. The standard InChI is InChI=1S/C72H128O6/c1-4-7-10-13-15-17-19-21-23-25-27-29-31-32-33-34-35-36-37-38-39-41-42-44-46-48-50-52-54-56-59-62-65-71(74)77-68-69(67-76-70(73)64-61-58-12-9-6-3)78-72(75)66-63-60-57-55-53-51-49-47-45-43-40-30-28-26-24-22-20-18-16-14-11-8-5-2/h8,11,16,18,22,24,28,30,43,45,49,51,69H,4-7,9-10,12-15,17,19-21,23,25-27,29,31-42,44,46-48,50,52-68H2,1-3H3/b11-8-,18-16-,24-22-,30-28-,45-43-,51-49-. The Kier molecular flexibility index (Phi) is 63.7. The van der Waals surface area contributed by atoms with Crippen molar-refractivity contribution in [1.82, 2.24) is 0 Å². The number of hydrogen-bond acceptors (Lipinski definition) is 6. The number of rotatable bonds is 62. The lowest BCUT2D eigenvalue weighted by molar-refractivity contribution is -0.167. The molecule has 0 N–H and O–H groups in total. The molecule has 78 heavy (non-hydrogen) atoms. The zero-order valence-corrected chi connectivity index (χ0v) is 51.9. The second-order valence-corrected chi connectivity index (χ2v) is 22.7. The minimum atomic E-state index is -0.785. The van der Waals surface area contributed by atoms with E-state index in [0.29, 0.717) is 19.3 Å². The summed E-state index contributed by atoms with van der Waals surface area (Å²) in [7, 11) is 0. The molecule has 6 nitrogen and oxygen atoms in total. The minimum Gasteiger partial charge on any atom is -0.462 e. The molecule has 0 bridgehead atoms. The quantitative estimate of drug-likeness (QED) is 0.0261. The third-order valence-electron chi connectivity index (χ3n) is 15.0. The van der Waals surface area contributed by atoms with Crippen LogP contribution in [0.1, 0.15) is 348 Å². The van der Waals surface area contributed by atoms with Gasteiger partial charge in [-0.15, -0.1) is 0 Å². The molecule has 1 atom stereocenters. The summed E-state index contributed by atoms with van der Waals surface area (Å²) in [5, 5.41) is 0. The molecule has 0 aliphatic rings. The summed E-state index contributed by atoms with van der Waals surface area (Å²) in [4.78, 5) is 37.9. The van der Waals surface area contributed by atoms with E-state index in [2.05, 4.69) is 93.7 Å². The van der Waals surface area contributed by atoms with Crippen molar-refractivity contribution in [2.45, 2.75) is 354 Å². The fourth-order valence-corrected chi connectivity index (χ4v) is 9.92. The van der Waals surface area contributed by atoms with Gasteiger partial charge in [0, 0.05) is 19.3 Å². The van der Waals surface area contributed by atoms with Gasteiger partial charge in [0.1, 0.15) is 13.2 Å². The smallest absolute Gasteiger partial charge is 0.306 e. The van der Waals surface area contributed by atoms with E-state index < -0.39 is 6.10 Å². The van der Waals surface area contributed by atoms with Crippen molar-refractivity contribution in [2.75, 3.05) is 13.2 Å². The van der Waals surface area contributed by atoms with Crippen LogP contribution in [-0.4, -0.2) is 37.2 Å². The molecule has 0 saturated heterocycles. The van der Waals surface area contributed by atoms with Crippen LogP contribution in [0.15, 0.2) is 72.9 Å². The summed E-state index contributed by atoms with van der Waals surface area (Å²) in [6.07, 6.45) is 87.1. The van der Waals surface area contributed by atoms with Crippen molar-refractivity contribution < 1.29 is 28.6 Å². The van der Waals surface area contributed by atoms with Gasteiger partial charge < -0.3 is 14.2 Å². The number of unbranched alkanes of at least 4 members (excludes halogenated alkanes) is 39. The number of allylic oxidation sites excluding steroid dienone is 12. The summed E-state index contributed by atoms with van der Waals surface area (Å²) in [6.45, 7) is 6.46. The zero-order chi connectivity index (χ0) is 56.4. The number of carbonyl (C=O) groups excluding carboxylic acids is 3. The van der Waals surface area contributed by atoms with Crippen molar-refractivity contribution in [2.24, 2.45) is 0 Å². The maximum Gasteiger partial charge on any atom is 0.306 e. The molecule has 0 heterocycles. The Labute approximate surface area is 484 Å². The van der Waals surface area contributed by atoms with Crippen molar-refractivity contribution in [3.05, 3.63) is 72.9 Å². The van der Waals surface area contributed by atoms with E-state index in [1.165, 1.54) is 193 Å². The summed E-state index contributed by atoms with van der Waals surface area (Å²) in [5.74, 6) is -0.909. The van der Waals surface area contributed by atoms with Crippen molar-refractivity contribution >= 4 is 17.9 Å². The molecule has 1 unspecified atom stereocenters. The Bertz CT molecular complexity index is 1440. The topological polar surface area (TPSA) is 78.9 Å². The first-order chi connectivity index (χ1) is 38.5. The maximum atomic E-state index is 12.8. The first-order valence-electron chi connectivity index (χ1n) is 33.9. The maximum absolute atomic E-state index is 12.8. The zero-order valence-electron chi connectivity index (χ0n) is 51.9. The van der Waals surface area contributed by atoms with E-state index in [9.17, 15) is 14.4 Å². The van der Waals surface area contributed by atoms with Crippen LogP contribution in [0.4, 0.5) is 0 Å². The van der Waals surface area contributed by atoms with Crippen LogP contribution in [0.2, 0.25) is 0 Å². The molecule has 0 saturated carbocycles. The summed E-state index contributed by atoms with van der Waals surface area (Å²) in [6, 6.07) is 0. The summed E-state index contributed by atoms with van der Waals surface area (Å²) in [5.41, 5.74) is 0. The SMILES string of the molecule is CC/C=C\C/C=C\C/C=C\C/C=C\C/C=C\C/C=C\CCCCCCC(=O)OC(COC(=O)CCCCCCC)COC(=O)CCCCCCCCCCCCCCCCCCCCCCCCCCCCCCCCCC. The van der Waals surface area contributed by atoms with E-state index in [-0.39, 0.29) is 31.1 Å². The Hall–Kier alpha value is -3.15. The molecule has 0 aromatic carbocycles. The normalized spacial score (nSPS) is 12.5. The second kappa shape index (κ2) is 66.4. The molecule has 0 aliphatic heterocycles. The van der Waals surface area contributed by atoms with Crippen LogP contribution in [0.3, 0.4) is 0 Å². The predicted octanol–water partition coefficient (Wildman–Crippen LogP) is 23.3. The molecule has 0 aromatic rings. The van der Waals surface area contributed by atoms with Crippen LogP contribution in [-0.2, 0) is 28.6 Å². The van der Waals surface area contributed by atoms with Crippen LogP contribution in [0.5, 0.6) is 0 Å². The predicted molar refractivity (Wildman–Crippen MR) is 339 cm³/mol. The monoisotopic (exact) mass is 1090 g/mol. The van der Waals surface area contributed by atoms with Gasteiger partial charge in [-0.05, 0) is 70.6 Å². The fraction of sp³-hybridized carbons (Fsp3) is 0.792. The highest BCUT2D eigenvalue weighted by molar-refractivity contribution is 5.71. The average molecular weight is 1090 g/mol. The van der Waals surface area contributed by atoms with Gasteiger partial charge >= 0.3 is 17.9 Å². The van der Waals surface area contributed by atoms with Gasteiger partial charge in [0.2, 0.25) is 0 Å². The molecule has 0 spiro atoms. The highest BCUT2D eigenvalue weighted by atomic mass is 16.6. The van der Waals surface area contributed by atoms with Gasteiger partial charge in [0.05, 0.1) is 0 Å². The average Bonchev–Trinajstić information content (AvgIpc) is 3.44. The number of ether oxygens (including phenoxy) is 3. The lowest BCUT2D eigenvalue weighted by atomic mass is 10.0. The summed E-state index contributed by atoms with van der Waals surface area (Å²) >= 11 is 0. The van der Waals surface area contributed by atoms with Crippen molar-refractivity contribution in [3.8, 4) is 0 Å². The molecule has 0 aliphatic carbocycles. The first kappa shape index (κ1) is 74.8. The Morgan fingerprint density at radius 3 is 0.782 bits per heavy atom. The van der Waals surface area contributed by atoms with Crippen LogP contribution in [0.25, 0.3) is 0 Å². The molecule has 0 radical (unpaired) electrons. The van der Waals surface area contributed by atoms with Gasteiger partial charge in [0.25, 0.3) is 0 Å². The van der Waals surface area contributed by atoms with Crippen LogP contribution in [0, 0.1) is 0 Å². The van der Waals surface area contributed by atoms with E-state index >= 15 is 0 Å². The van der Waals surface area contributed by atoms with Crippen molar-refractivity contribution in [3.63, 3.8) is 0 Å². The molecule has 0 rings (SSSR count). The third kappa shape index (κ3) is 63.7. The van der Waals surface area contributed by atoms with Gasteiger partial charge in [-0.3, -0.25) is 14.4 Å². The lowest BCUT2D eigenvalue weighted by Crippen LogP contribution is -2.30. The summed E-state index contributed by atoms with van der Waals surface area (Å²) < 4.78 is 16.8. The van der Waals surface area contributed by atoms with E-state index in [1.807, 2.05) is 0 Å². The highest BCUT2D eigenvalue weighted by Crippen LogP contribution is 2.18. The van der Waals surface area contributed by atoms with Gasteiger partial charge in [0.15, 0.2) is 6.10 Å². The largest absolute Gasteiger partial charge is 0.462 e. The number of carbonyl (C=O) groups is 3. The highest BCUT2D eigenvalue weighted by Gasteiger charge is 2.19. The molecule has 452 valence electrons. The molecule has 0 amide bonds. The minimum absolute atomic E-state index is 0.0834. The van der Waals surface area contributed by atoms with Gasteiger partial charge in [-0.1, -0.05) is 331 Å². The van der Waals surface area contributed by atoms with Gasteiger partial charge in [-0.2, -0.15) is 0 Å². The Morgan fingerprint density at radius 2 is 0.500 bits per heavy atom. The number of hydrogen-bond donors (Lipinski definition) is 0. The van der Waals surface area contributed by atoms with E-state index in [4.69, 9.17) is 14.2 Å². The van der Waals surface area contributed by atoms with Crippen molar-refractivity contribution in [1.29, 1.82) is 0 Å². The van der Waals surface area contributed by atoms with E-state index in [0.717, 1.165) is 116 Å². The second-order valence-electron chi connectivity index (χ2n) is 22.7. The lowest BCUT2D eigenvalue weighted by Gasteiger charge is -2.18. The molecule has 0 aromatic heterocycles. The molecular weight excluding hydrogens is 961 g/mol. The Balaban J connectivity index is 3.98. The van der Waals surface area contributed by atoms with E-state index in [1.54, 1.807) is 0 Å². The van der Waals surface area contributed by atoms with Crippen LogP contribution >= 0.6 is 0 Å². The Morgan fingerprint density at radius 1 is 0.269 bits per heavy atom. The third-order valence-corrected chi connectivity index (χ3v) is 15.0. The first-order valence-corrected chi connectivity index (χ1v) is 33.9. The molecule has 6 heteroatoms. The van der Waals surface area contributed by atoms with Crippen LogP contribution < -0.4 is 0 Å². The molecule has 0 fully saturated rings. The van der Waals surface area contributed by atoms with Gasteiger partial charge in [-0.25, -0.2) is 0 Å². The number of esters is 3.